The molecule has 0 aliphatic heterocycles. The quantitative estimate of drug-likeness (QED) is 0.617. The molecule has 3 aromatic rings. The van der Waals surface area contributed by atoms with E-state index >= 15 is 0 Å². The van der Waals surface area contributed by atoms with Gasteiger partial charge in [-0.3, -0.25) is 4.40 Å². The van der Waals surface area contributed by atoms with Gasteiger partial charge in [0, 0.05) is 6.07 Å². The number of aromatic nitrogens is 4. The van der Waals surface area contributed by atoms with E-state index in [0.717, 1.165) is 28.1 Å². The van der Waals surface area contributed by atoms with Crippen molar-refractivity contribution in [1.29, 1.82) is 0 Å². The first-order chi connectivity index (χ1) is 7.79. The fraction of sp³-hybridized carbons (Fsp3) is 0.182. The van der Waals surface area contributed by atoms with Gasteiger partial charge >= 0.3 is 0 Å². The molecule has 5 nitrogen and oxygen atoms in total. The van der Waals surface area contributed by atoms with Crippen LogP contribution in [-0.4, -0.2) is 26.7 Å². The number of nitrogens with zero attached hydrogens (tertiary/aromatic N) is 4. The van der Waals surface area contributed by atoms with E-state index < -0.39 is 0 Å². The monoisotopic (exact) mass is 214 g/mol. The van der Waals surface area contributed by atoms with Gasteiger partial charge in [-0.25, -0.2) is 4.98 Å². The molecule has 0 amide bonds. The molecule has 0 saturated carbocycles. The number of aryl methyl sites for hydroxylation is 1. The Morgan fingerprint density at radius 2 is 2.12 bits per heavy atom. The van der Waals surface area contributed by atoms with Crippen molar-refractivity contribution in [1.82, 2.24) is 19.6 Å². The zero-order chi connectivity index (χ0) is 11.1. The maximum Gasteiger partial charge on any atom is 0.182 e. The number of benzene rings is 1. The first-order valence-electron chi connectivity index (χ1n) is 4.93. The van der Waals surface area contributed by atoms with Crippen molar-refractivity contribution in [2.75, 3.05) is 7.11 Å². The Balaban J connectivity index is 2.43. The van der Waals surface area contributed by atoms with Crippen LogP contribution < -0.4 is 4.74 Å². The largest absolute Gasteiger partial charge is 0.497 e. The lowest BCUT2D eigenvalue weighted by Gasteiger charge is -2.03. The van der Waals surface area contributed by atoms with E-state index in [1.807, 2.05) is 29.5 Å². The molecular formula is C11H10N4O. The number of hydrogen-bond donors (Lipinski definition) is 0. The summed E-state index contributed by atoms with van der Waals surface area (Å²) >= 11 is 0. The van der Waals surface area contributed by atoms with E-state index in [2.05, 4.69) is 15.2 Å². The third kappa shape index (κ3) is 1.14. The van der Waals surface area contributed by atoms with E-state index in [-0.39, 0.29) is 0 Å². The highest BCUT2D eigenvalue weighted by Crippen LogP contribution is 2.19. The minimum absolute atomic E-state index is 0.776. The Hall–Kier alpha value is -2.17. The maximum atomic E-state index is 5.15. The van der Waals surface area contributed by atoms with Crippen LogP contribution in [0.5, 0.6) is 5.75 Å². The predicted octanol–water partition coefficient (Wildman–Crippen LogP) is 1.59. The van der Waals surface area contributed by atoms with Crippen LogP contribution in [0.15, 0.2) is 24.5 Å². The van der Waals surface area contributed by atoms with Gasteiger partial charge < -0.3 is 4.74 Å². The number of rotatable bonds is 1. The highest BCUT2D eigenvalue weighted by atomic mass is 16.5. The predicted molar refractivity (Wildman–Crippen MR) is 59.6 cm³/mol. The molecule has 1 aromatic carbocycles. The summed E-state index contributed by atoms with van der Waals surface area (Å²) in [6.07, 6.45) is 1.76. The van der Waals surface area contributed by atoms with Gasteiger partial charge in [0.05, 0.1) is 18.3 Å². The van der Waals surface area contributed by atoms with Crippen molar-refractivity contribution >= 4 is 16.7 Å². The van der Waals surface area contributed by atoms with Crippen LogP contribution in [0, 0.1) is 6.92 Å². The van der Waals surface area contributed by atoms with Crippen molar-refractivity contribution in [3.63, 3.8) is 0 Å². The molecule has 2 heterocycles. The molecule has 0 unspecified atom stereocenters. The molecule has 3 rings (SSSR count). The number of imidazole rings is 1. The average Bonchev–Trinajstić information content (AvgIpc) is 2.70. The van der Waals surface area contributed by atoms with Crippen molar-refractivity contribution in [3.8, 4) is 5.75 Å². The van der Waals surface area contributed by atoms with Gasteiger partial charge in [0.25, 0.3) is 0 Å². The van der Waals surface area contributed by atoms with Gasteiger partial charge in [0.15, 0.2) is 5.65 Å². The van der Waals surface area contributed by atoms with Crippen LogP contribution in [0.3, 0.4) is 0 Å². The molecule has 0 atom stereocenters. The third-order valence-corrected chi connectivity index (χ3v) is 2.61. The summed E-state index contributed by atoms with van der Waals surface area (Å²) in [7, 11) is 1.63. The van der Waals surface area contributed by atoms with Crippen molar-refractivity contribution in [2.24, 2.45) is 0 Å². The molecule has 0 spiro atoms. The second-order valence-electron chi connectivity index (χ2n) is 3.58. The molecule has 0 radical (unpaired) electrons. The smallest absolute Gasteiger partial charge is 0.182 e. The molecule has 0 aliphatic rings. The van der Waals surface area contributed by atoms with E-state index in [0.29, 0.717) is 0 Å². The second-order valence-corrected chi connectivity index (χ2v) is 3.58. The van der Waals surface area contributed by atoms with Gasteiger partial charge in [-0.2, -0.15) is 0 Å². The van der Waals surface area contributed by atoms with Gasteiger partial charge in [-0.05, 0) is 19.1 Å². The topological polar surface area (TPSA) is 52.3 Å². The summed E-state index contributed by atoms with van der Waals surface area (Å²) in [6.45, 7) is 1.92. The number of ether oxygens (including phenoxy) is 1. The fourth-order valence-corrected chi connectivity index (χ4v) is 1.74. The van der Waals surface area contributed by atoms with Gasteiger partial charge in [-0.1, -0.05) is 0 Å². The number of hydrogen-bond acceptors (Lipinski definition) is 4. The van der Waals surface area contributed by atoms with E-state index in [1.54, 1.807) is 13.4 Å². The highest BCUT2D eigenvalue weighted by molar-refractivity contribution is 5.78. The molecule has 80 valence electrons. The number of methoxy groups -OCH3 is 1. The SMILES string of the molecule is COc1ccc2c(c1)nnc1c(C)ncn12. The van der Waals surface area contributed by atoms with E-state index in [9.17, 15) is 0 Å². The Morgan fingerprint density at radius 1 is 1.25 bits per heavy atom. The van der Waals surface area contributed by atoms with Crippen LogP contribution >= 0.6 is 0 Å². The van der Waals surface area contributed by atoms with Gasteiger partial charge in [0.1, 0.15) is 17.6 Å². The molecule has 0 N–H and O–H groups in total. The molecule has 0 saturated heterocycles. The summed E-state index contributed by atoms with van der Waals surface area (Å²) in [5, 5.41) is 8.30. The minimum atomic E-state index is 0.776. The summed E-state index contributed by atoms with van der Waals surface area (Å²) in [4.78, 5) is 4.22. The zero-order valence-corrected chi connectivity index (χ0v) is 9.01. The molecule has 16 heavy (non-hydrogen) atoms. The fourth-order valence-electron chi connectivity index (χ4n) is 1.74. The minimum Gasteiger partial charge on any atom is -0.497 e. The average molecular weight is 214 g/mol. The zero-order valence-electron chi connectivity index (χ0n) is 9.01. The lowest BCUT2D eigenvalue weighted by molar-refractivity contribution is 0.415. The van der Waals surface area contributed by atoms with Gasteiger partial charge in [0.2, 0.25) is 0 Å². The van der Waals surface area contributed by atoms with Crippen LogP contribution in [0.25, 0.3) is 16.7 Å². The molecule has 0 fully saturated rings. The summed E-state index contributed by atoms with van der Waals surface area (Å²) < 4.78 is 7.07. The van der Waals surface area contributed by atoms with Crippen LogP contribution in [-0.2, 0) is 0 Å². The Morgan fingerprint density at radius 3 is 2.94 bits per heavy atom. The van der Waals surface area contributed by atoms with Crippen LogP contribution in [0.4, 0.5) is 0 Å². The lowest BCUT2D eigenvalue weighted by Crippen LogP contribution is -1.95. The third-order valence-electron chi connectivity index (χ3n) is 2.61. The summed E-state index contributed by atoms with van der Waals surface area (Å²) in [5.74, 6) is 0.776. The Kier molecular flexibility index (Phi) is 1.80. The van der Waals surface area contributed by atoms with Crippen LogP contribution in [0.2, 0.25) is 0 Å². The molecule has 5 heteroatoms. The highest BCUT2D eigenvalue weighted by Gasteiger charge is 2.06. The summed E-state index contributed by atoms with van der Waals surface area (Å²) in [6, 6.07) is 5.72. The molecule has 0 bridgehead atoms. The maximum absolute atomic E-state index is 5.15. The normalized spacial score (nSPS) is 11.1. The van der Waals surface area contributed by atoms with Crippen molar-refractivity contribution in [3.05, 3.63) is 30.2 Å². The van der Waals surface area contributed by atoms with Crippen molar-refractivity contribution < 1.29 is 4.74 Å². The summed E-state index contributed by atoms with van der Waals surface area (Å²) in [5.41, 5.74) is 3.44. The van der Waals surface area contributed by atoms with E-state index in [1.165, 1.54) is 0 Å². The number of fused-ring (bicyclic) bond motifs is 3. The van der Waals surface area contributed by atoms with Crippen LogP contribution in [0.1, 0.15) is 5.69 Å². The lowest BCUT2D eigenvalue weighted by atomic mass is 10.3. The Labute approximate surface area is 91.7 Å². The first kappa shape index (κ1) is 9.08. The van der Waals surface area contributed by atoms with Crippen molar-refractivity contribution in [2.45, 2.75) is 6.92 Å². The second kappa shape index (κ2) is 3.16. The van der Waals surface area contributed by atoms with Gasteiger partial charge in [-0.15, -0.1) is 10.2 Å². The molecule has 0 aliphatic carbocycles. The van der Waals surface area contributed by atoms with E-state index in [4.69, 9.17) is 4.74 Å². The standard InChI is InChI=1S/C11H10N4O/c1-7-11-14-13-9-5-8(16-2)3-4-10(9)15(11)6-12-7/h3-6H,1-2H3. The molecular weight excluding hydrogens is 204 g/mol. The Bertz CT molecular complexity index is 674. The molecule has 2 aromatic heterocycles. The first-order valence-corrected chi connectivity index (χ1v) is 4.93.